The van der Waals surface area contributed by atoms with Crippen LogP contribution in [-0.2, 0) is 19.2 Å². The largest absolute Gasteiger partial charge is 0.489 e. The first kappa shape index (κ1) is 24.1. The molecule has 10 nitrogen and oxygen atoms in total. The summed E-state index contributed by atoms with van der Waals surface area (Å²) in [5.41, 5.74) is 2.59. The molecule has 4 aromatic rings. The van der Waals surface area contributed by atoms with Crippen molar-refractivity contribution in [1.29, 1.82) is 0 Å². The molecule has 0 saturated carbocycles. The first-order chi connectivity index (χ1) is 17.7. The molecular weight excluding hydrogens is 480 g/mol. The van der Waals surface area contributed by atoms with Crippen LogP contribution in [0.15, 0.2) is 62.4 Å². The molecule has 1 fully saturated rings. The zero-order chi connectivity index (χ0) is 26.3. The molecule has 37 heavy (non-hydrogen) atoms. The summed E-state index contributed by atoms with van der Waals surface area (Å²) in [5, 5.41) is 1.65. The van der Waals surface area contributed by atoms with Crippen molar-refractivity contribution in [2.45, 2.75) is 32.3 Å². The summed E-state index contributed by atoms with van der Waals surface area (Å²) in [6, 6.07) is 12.4. The Morgan fingerprint density at radius 2 is 1.65 bits per heavy atom. The van der Waals surface area contributed by atoms with E-state index in [9.17, 15) is 19.2 Å². The van der Waals surface area contributed by atoms with Gasteiger partial charge in [-0.25, -0.2) is 9.59 Å². The average Bonchev–Trinajstić information content (AvgIpc) is 3.46. The quantitative estimate of drug-likeness (QED) is 0.271. The SMILES string of the molecule is CC(CC(=O)ON1C(=O)CCC1=O)Oc1c2ccoc2c(-c2ccc(N(C)C)cc2)c2oc(=O)ccc12. The van der Waals surface area contributed by atoms with Gasteiger partial charge in [-0.15, -0.1) is 5.06 Å². The van der Waals surface area contributed by atoms with Crippen molar-refractivity contribution in [3.63, 3.8) is 0 Å². The van der Waals surface area contributed by atoms with E-state index in [1.807, 2.05) is 43.3 Å². The number of fused-ring (bicyclic) bond motifs is 2. The third-order valence-electron chi connectivity index (χ3n) is 6.09. The highest BCUT2D eigenvalue weighted by atomic mass is 16.7. The van der Waals surface area contributed by atoms with E-state index in [1.165, 1.54) is 12.3 Å². The molecule has 10 heteroatoms. The molecule has 0 spiro atoms. The highest BCUT2D eigenvalue weighted by Crippen LogP contribution is 2.44. The van der Waals surface area contributed by atoms with Crippen LogP contribution in [0.3, 0.4) is 0 Å². The van der Waals surface area contributed by atoms with Crippen molar-refractivity contribution < 1.29 is 32.8 Å². The summed E-state index contributed by atoms with van der Waals surface area (Å²) in [5.74, 6) is -1.53. The van der Waals surface area contributed by atoms with E-state index in [-0.39, 0.29) is 24.8 Å². The molecule has 1 atom stereocenters. The second-order valence-corrected chi connectivity index (χ2v) is 8.98. The minimum atomic E-state index is -0.784. The lowest BCUT2D eigenvalue weighted by molar-refractivity contribution is -0.198. The molecular formula is C27H24N2O8. The predicted octanol–water partition coefficient (Wildman–Crippen LogP) is 4.04. The summed E-state index contributed by atoms with van der Waals surface area (Å²) >= 11 is 0. The van der Waals surface area contributed by atoms with Crippen molar-refractivity contribution >= 4 is 45.4 Å². The van der Waals surface area contributed by atoms with Gasteiger partial charge >= 0.3 is 11.6 Å². The fourth-order valence-electron chi connectivity index (χ4n) is 4.30. The van der Waals surface area contributed by atoms with E-state index in [4.69, 9.17) is 18.4 Å². The van der Waals surface area contributed by atoms with Crippen molar-refractivity contribution in [2.75, 3.05) is 19.0 Å². The third-order valence-corrected chi connectivity index (χ3v) is 6.09. The summed E-state index contributed by atoms with van der Waals surface area (Å²) < 4.78 is 17.6. The number of carbonyl (C=O) groups excluding carboxylic acids is 3. The number of hydrogen-bond acceptors (Lipinski definition) is 9. The van der Waals surface area contributed by atoms with Crippen LogP contribution in [0.1, 0.15) is 26.2 Å². The van der Waals surface area contributed by atoms with Crippen LogP contribution >= 0.6 is 0 Å². The van der Waals surface area contributed by atoms with Gasteiger partial charge in [0.2, 0.25) is 0 Å². The standard InChI is InChI=1S/C27H24N2O8/c1-15(14-23(33)37-29-20(30)9-10-21(29)31)35-25-18-8-11-22(32)36-27(18)24(26-19(25)12-13-34-26)16-4-6-17(7-5-16)28(2)3/h4-8,11-13,15H,9-10,14H2,1-3H3. The molecule has 3 heterocycles. The van der Waals surface area contributed by atoms with Crippen LogP contribution in [0.4, 0.5) is 5.69 Å². The van der Waals surface area contributed by atoms with Crippen LogP contribution < -0.4 is 15.3 Å². The van der Waals surface area contributed by atoms with E-state index in [0.717, 1.165) is 11.3 Å². The smallest absolute Gasteiger partial charge is 0.336 e. The Labute approximate surface area is 210 Å². The summed E-state index contributed by atoms with van der Waals surface area (Å²) in [4.78, 5) is 55.0. The Kier molecular flexibility index (Phi) is 6.16. The van der Waals surface area contributed by atoms with E-state index < -0.39 is 29.5 Å². The molecule has 0 radical (unpaired) electrons. The van der Waals surface area contributed by atoms with Gasteiger partial charge in [0.15, 0.2) is 5.58 Å². The molecule has 1 aliphatic heterocycles. The molecule has 1 aliphatic rings. The van der Waals surface area contributed by atoms with Crippen LogP contribution in [0.2, 0.25) is 0 Å². The molecule has 2 aromatic heterocycles. The number of rotatable bonds is 7. The maximum absolute atomic E-state index is 12.4. The average molecular weight is 504 g/mol. The number of nitrogens with zero attached hydrogens (tertiary/aromatic N) is 2. The number of amides is 2. The Balaban J connectivity index is 1.51. The van der Waals surface area contributed by atoms with Gasteiger partial charge in [0, 0.05) is 38.7 Å². The van der Waals surface area contributed by atoms with Gasteiger partial charge in [0.05, 0.1) is 29.0 Å². The van der Waals surface area contributed by atoms with Crippen LogP contribution in [0.5, 0.6) is 5.75 Å². The minimum absolute atomic E-state index is 0.0120. The van der Waals surface area contributed by atoms with Gasteiger partial charge < -0.3 is 23.3 Å². The lowest BCUT2D eigenvalue weighted by atomic mass is 9.99. The first-order valence-electron chi connectivity index (χ1n) is 11.7. The number of anilines is 1. The zero-order valence-electron chi connectivity index (χ0n) is 20.5. The molecule has 190 valence electrons. The number of imide groups is 1. The van der Waals surface area contributed by atoms with E-state index in [1.54, 1.807) is 19.1 Å². The maximum Gasteiger partial charge on any atom is 0.336 e. The van der Waals surface area contributed by atoms with Gasteiger partial charge in [-0.1, -0.05) is 12.1 Å². The number of hydrogen-bond donors (Lipinski definition) is 0. The fourth-order valence-corrected chi connectivity index (χ4v) is 4.30. The maximum atomic E-state index is 12.4. The van der Waals surface area contributed by atoms with Crippen molar-refractivity contribution in [2.24, 2.45) is 0 Å². The fraction of sp³-hybridized carbons (Fsp3) is 0.259. The van der Waals surface area contributed by atoms with E-state index in [0.29, 0.717) is 32.7 Å². The molecule has 2 aromatic carbocycles. The zero-order valence-corrected chi connectivity index (χ0v) is 20.5. The van der Waals surface area contributed by atoms with Gasteiger partial charge in [0.1, 0.15) is 17.4 Å². The monoisotopic (exact) mass is 504 g/mol. The van der Waals surface area contributed by atoms with Crippen LogP contribution in [-0.4, -0.2) is 43.0 Å². The molecule has 0 aliphatic carbocycles. The minimum Gasteiger partial charge on any atom is -0.489 e. The number of carbonyl (C=O) groups is 3. The number of furan rings is 1. The van der Waals surface area contributed by atoms with Crippen molar-refractivity contribution in [3.8, 4) is 16.9 Å². The molecule has 1 unspecified atom stereocenters. The molecule has 5 rings (SSSR count). The summed E-state index contributed by atoms with van der Waals surface area (Å²) in [6.07, 6.45) is 0.590. The lowest BCUT2D eigenvalue weighted by Crippen LogP contribution is -2.33. The predicted molar refractivity (Wildman–Crippen MR) is 134 cm³/mol. The topological polar surface area (TPSA) is 120 Å². The van der Waals surface area contributed by atoms with Crippen molar-refractivity contribution in [3.05, 3.63) is 59.1 Å². The normalized spacial score (nSPS) is 14.4. The summed E-state index contributed by atoms with van der Waals surface area (Å²) in [6.45, 7) is 1.65. The summed E-state index contributed by atoms with van der Waals surface area (Å²) in [7, 11) is 3.89. The lowest BCUT2D eigenvalue weighted by Gasteiger charge is -2.19. The second-order valence-electron chi connectivity index (χ2n) is 8.98. The Bertz CT molecular complexity index is 1570. The van der Waals surface area contributed by atoms with Gasteiger partial charge in [-0.2, -0.15) is 0 Å². The highest BCUT2D eigenvalue weighted by molar-refractivity contribution is 6.12. The molecule has 0 bridgehead atoms. The Morgan fingerprint density at radius 3 is 2.32 bits per heavy atom. The Morgan fingerprint density at radius 1 is 0.973 bits per heavy atom. The van der Waals surface area contributed by atoms with Crippen molar-refractivity contribution in [1.82, 2.24) is 5.06 Å². The van der Waals surface area contributed by atoms with Gasteiger partial charge in [0.25, 0.3) is 11.8 Å². The van der Waals surface area contributed by atoms with Gasteiger partial charge in [-0.3, -0.25) is 9.59 Å². The van der Waals surface area contributed by atoms with E-state index in [2.05, 4.69) is 0 Å². The van der Waals surface area contributed by atoms with Crippen LogP contribution in [0.25, 0.3) is 33.1 Å². The molecule has 1 saturated heterocycles. The number of hydroxylamine groups is 2. The first-order valence-corrected chi connectivity index (χ1v) is 11.7. The second kappa shape index (κ2) is 9.45. The molecule has 0 N–H and O–H groups in total. The highest BCUT2D eigenvalue weighted by Gasteiger charge is 2.33. The number of benzene rings is 2. The Hall–Kier alpha value is -4.60. The van der Waals surface area contributed by atoms with Gasteiger partial charge in [-0.05, 0) is 36.8 Å². The number of ether oxygens (including phenoxy) is 1. The third kappa shape index (κ3) is 4.53. The van der Waals surface area contributed by atoms with Crippen LogP contribution in [0, 0.1) is 0 Å². The molecule has 2 amide bonds. The van der Waals surface area contributed by atoms with E-state index >= 15 is 0 Å².